The second kappa shape index (κ2) is 6.08. The molecule has 0 radical (unpaired) electrons. The van der Waals surface area contributed by atoms with E-state index in [9.17, 15) is 9.90 Å². The lowest BCUT2D eigenvalue weighted by molar-refractivity contribution is 0.102. The van der Waals surface area contributed by atoms with E-state index in [1.807, 2.05) is 19.0 Å². The maximum Gasteiger partial charge on any atom is 0.257 e. The molecule has 0 fully saturated rings. The largest absolute Gasteiger partial charge is 0.506 e. The Morgan fingerprint density at radius 1 is 1.38 bits per heavy atom. The minimum Gasteiger partial charge on any atom is -0.506 e. The zero-order valence-electron chi connectivity index (χ0n) is 12.0. The van der Waals surface area contributed by atoms with E-state index in [1.54, 1.807) is 12.3 Å². The van der Waals surface area contributed by atoms with Crippen LogP contribution in [-0.2, 0) is 0 Å². The minimum atomic E-state index is -0.409. The van der Waals surface area contributed by atoms with Crippen LogP contribution in [0.15, 0.2) is 30.7 Å². The van der Waals surface area contributed by atoms with Gasteiger partial charge in [-0.1, -0.05) is 0 Å². The van der Waals surface area contributed by atoms with Crippen LogP contribution in [0.5, 0.6) is 11.6 Å². The first-order valence-electron chi connectivity index (χ1n) is 6.18. The fraction of sp³-hybridized carbons (Fsp3) is 0.214. The van der Waals surface area contributed by atoms with Crippen molar-refractivity contribution in [2.24, 2.45) is 0 Å². The van der Waals surface area contributed by atoms with Gasteiger partial charge >= 0.3 is 0 Å². The van der Waals surface area contributed by atoms with E-state index in [2.05, 4.69) is 15.3 Å². The quantitative estimate of drug-likeness (QED) is 0.886. The summed E-state index contributed by atoms with van der Waals surface area (Å²) >= 11 is 0. The summed E-state index contributed by atoms with van der Waals surface area (Å²) in [5.41, 5.74) is 1.45. The summed E-state index contributed by atoms with van der Waals surface area (Å²) in [4.78, 5) is 21.9. The van der Waals surface area contributed by atoms with Crippen molar-refractivity contribution in [2.75, 3.05) is 31.4 Å². The number of amides is 1. The molecule has 21 heavy (non-hydrogen) atoms. The third-order valence-corrected chi connectivity index (χ3v) is 2.79. The van der Waals surface area contributed by atoms with E-state index in [-0.39, 0.29) is 11.3 Å². The van der Waals surface area contributed by atoms with Crippen molar-refractivity contribution in [1.82, 2.24) is 9.97 Å². The lowest BCUT2D eigenvalue weighted by Gasteiger charge is -2.19. The van der Waals surface area contributed by atoms with E-state index in [1.165, 1.54) is 25.6 Å². The van der Waals surface area contributed by atoms with Gasteiger partial charge in [0.2, 0.25) is 5.88 Å². The number of nitrogens with one attached hydrogen (secondary N) is 1. The Hall–Kier alpha value is -2.83. The first kappa shape index (κ1) is 14.6. The number of aromatic nitrogens is 2. The molecule has 1 amide bonds. The summed E-state index contributed by atoms with van der Waals surface area (Å²) in [5.74, 6) is -0.177. The standard InChI is InChI=1S/C14H16N4O3/c1-18(2)11-4-5-16-14(21-3)12(11)17-13(20)9-6-10(19)8-15-7-9/h4-8,19H,1-3H3,(H,17,20). The molecule has 0 atom stereocenters. The number of pyridine rings is 2. The molecule has 0 saturated heterocycles. The highest BCUT2D eigenvalue weighted by molar-refractivity contribution is 6.06. The Labute approximate surface area is 122 Å². The van der Waals surface area contributed by atoms with Gasteiger partial charge in [0.25, 0.3) is 5.91 Å². The van der Waals surface area contributed by atoms with Gasteiger partial charge in [-0.05, 0) is 12.1 Å². The summed E-state index contributed by atoms with van der Waals surface area (Å²) in [6.45, 7) is 0. The highest BCUT2D eigenvalue weighted by atomic mass is 16.5. The lowest BCUT2D eigenvalue weighted by atomic mass is 10.2. The second-order valence-electron chi connectivity index (χ2n) is 4.49. The van der Waals surface area contributed by atoms with Gasteiger partial charge in [-0.15, -0.1) is 0 Å². The molecule has 2 heterocycles. The Morgan fingerprint density at radius 3 is 2.76 bits per heavy atom. The van der Waals surface area contributed by atoms with Gasteiger partial charge in [-0.2, -0.15) is 0 Å². The number of hydrogen-bond acceptors (Lipinski definition) is 6. The first-order chi connectivity index (χ1) is 10.0. The van der Waals surface area contributed by atoms with Gasteiger partial charge in [-0.3, -0.25) is 9.78 Å². The monoisotopic (exact) mass is 288 g/mol. The maximum atomic E-state index is 12.2. The zero-order chi connectivity index (χ0) is 15.4. The van der Waals surface area contributed by atoms with Crippen LogP contribution in [0.3, 0.4) is 0 Å². The molecule has 110 valence electrons. The fourth-order valence-electron chi connectivity index (χ4n) is 1.82. The molecule has 0 bridgehead atoms. The summed E-state index contributed by atoms with van der Waals surface area (Å²) in [5, 5.41) is 12.1. The molecule has 0 saturated carbocycles. The molecule has 7 nitrogen and oxygen atoms in total. The molecule has 0 aliphatic heterocycles. The molecule has 0 aromatic carbocycles. The van der Waals surface area contributed by atoms with E-state index < -0.39 is 5.91 Å². The molecule has 0 spiro atoms. The smallest absolute Gasteiger partial charge is 0.257 e. The van der Waals surface area contributed by atoms with Crippen molar-refractivity contribution < 1.29 is 14.6 Å². The summed E-state index contributed by atoms with van der Waals surface area (Å²) < 4.78 is 5.18. The SMILES string of the molecule is COc1nccc(N(C)C)c1NC(=O)c1cncc(O)c1. The number of nitrogens with zero attached hydrogens (tertiary/aromatic N) is 3. The minimum absolute atomic E-state index is 0.0753. The number of anilines is 2. The van der Waals surface area contributed by atoms with Gasteiger partial charge in [0.15, 0.2) is 0 Å². The van der Waals surface area contributed by atoms with Crippen LogP contribution in [0.25, 0.3) is 0 Å². The molecule has 2 aromatic rings. The normalized spacial score (nSPS) is 10.0. The highest BCUT2D eigenvalue weighted by Gasteiger charge is 2.16. The number of carbonyl (C=O) groups is 1. The Kier molecular flexibility index (Phi) is 4.22. The van der Waals surface area contributed by atoms with E-state index in [4.69, 9.17) is 4.74 Å². The van der Waals surface area contributed by atoms with Crippen molar-refractivity contribution in [3.8, 4) is 11.6 Å². The average Bonchev–Trinajstić information content (AvgIpc) is 2.47. The average molecular weight is 288 g/mol. The Bertz CT molecular complexity index is 658. The van der Waals surface area contributed by atoms with Gasteiger partial charge in [-0.25, -0.2) is 4.98 Å². The van der Waals surface area contributed by atoms with Crippen molar-refractivity contribution in [3.63, 3.8) is 0 Å². The van der Waals surface area contributed by atoms with E-state index >= 15 is 0 Å². The number of ether oxygens (including phenoxy) is 1. The zero-order valence-corrected chi connectivity index (χ0v) is 12.0. The van der Waals surface area contributed by atoms with Crippen LogP contribution in [0.2, 0.25) is 0 Å². The van der Waals surface area contributed by atoms with E-state index in [0.29, 0.717) is 11.6 Å². The summed E-state index contributed by atoms with van der Waals surface area (Å²) in [6.07, 6.45) is 4.22. The van der Waals surface area contributed by atoms with Crippen LogP contribution in [0.1, 0.15) is 10.4 Å². The van der Waals surface area contributed by atoms with Crippen LogP contribution < -0.4 is 15.0 Å². The Balaban J connectivity index is 2.36. The van der Waals surface area contributed by atoms with Crippen LogP contribution in [0, 0.1) is 0 Å². The molecule has 2 rings (SSSR count). The molecule has 0 aliphatic carbocycles. The van der Waals surface area contributed by atoms with Gasteiger partial charge < -0.3 is 20.1 Å². The lowest BCUT2D eigenvalue weighted by Crippen LogP contribution is -2.18. The third-order valence-electron chi connectivity index (χ3n) is 2.79. The van der Waals surface area contributed by atoms with Crippen LogP contribution >= 0.6 is 0 Å². The Morgan fingerprint density at radius 2 is 2.14 bits per heavy atom. The summed E-state index contributed by atoms with van der Waals surface area (Å²) in [7, 11) is 5.17. The van der Waals surface area contributed by atoms with Gasteiger partial charge in [0.05, 0.1) is 24.6 Å². The predicted octanol–water partition coefficient (Wildman–Crippen LogP) is 1.51. The molecular formula is C14H16N4O3. The topological polar surface area (TPSA) is 87.6 Å². The molecule has 2 aromatic heterocycles. The fourth-order valence-corrected chi connectivity index (χ4v) is 1.82. The number of aromatic hydroxyl groups is 1. The number of hydrogen-bond donors (Lipinski definition) is 2. The molecule has 0 aliphatic rings. The van der Waals surface area contributed by atoms with Crippen molar-refractivity contribution >= 4 is 17.3 Å². The van der Waals surface area contributed by atoms with Crippen molar-refractivity contribution in [3.05, 3.63) is 36.3 Å². The number of rotatable bonds is 4. The molecule has 0 unspecified atom stereocenters. The van der Waals surface area contributed by atoms with Crippen LogP contribution in [0.4, 0.5) is 11.4 Å². The maximum absolute atomic E-state index is 12.2. The number of carbonyl (C=O) groups excluding carboxylic acids is 1. The number of methoxy groups -OCH3 is 1. The second-order valence-corrected chi connectivity index (χ2v) is 4.49. The van der Waals surface area contributed by atoms with Gasteiger partial charge in [0, 0.05) is 26.5 Å². The predicted molar refractivity (Wildman–Crippen MR) is 79.0 cm³/mol. The third kappa shape index (κ3) is 3.19. The van der Waals surface area contributed by atoms with E-state index in [0.717, 1.165) is 5.69 Å². The summed E-state index contributed by atoms with van der Waals surface area (Å²) in [6, 6.07) is 3.10. The molecular weight excluding hydrogens is 272 g/mol. The molecule has 7 heteroatoms. The van der Waals surface area contributed by atoms with Crippen molar-refractivity contribution in [1.29, 1.82) is 0 Å². The first-order valence-corrected chi connectivity index (χ1v) is 6.18. The highest BCUT2D eigenvalue weighted by Crippen LogP contribution is 2.32. The molecule has 2 N–H and O–H groups in total. The van der Waals surface area contributed by atoms with Gasteiger partial charge in [0.1, 0.15) is 11.4 Å². The van der Waals surface area contributed by atoms with Crippen LogP contribution in [-0.4, -0.2) is 42.2 Å². The van der Waals surface area contributed by atoms with Crippen molar-refractivity contribution in [2.45, 2.75) is 0 Å².